The Morgan fingerprint density at radius 3 is 2.81 bits per heavy atom. The molecule has 0 radical (unpaired) electrons. The molecular formula is C14H21NO. The van der Waals surface area contributed by atoms with Gasteiger partial charge in [0.1, 0.15) is 0 Å². The summed E-state index contributed by atoms with van der Waals surface area (Å²) in [5.74, 6) is 0. The molecule has 0 saturated carbocycles. The molecule has 88 valence electrons. The average Bonchev–Trinajstić information content (AvgIpc) is 2.31. The highest BCUT2D eigenvalue weighted by molar-refractivity contribution is 5.34. The average molecular weight is 219 g/mol. The van der Waals surface area contributed by atoms with Crippen molar-refractivity contribution in [2.75, 3.05) is 19.8 Å². The van der Waals surface area contributed by atoms with Gasteiger partial charge in [-0.2, -0.15) is 0 Å². The number of hydrogen-bond donors (Lipinski definition) is 1. The van der Waals surface area contributed by atoms with E-state index in [1.54, 1.807) is 0 Å². The second-order valence-corrected chi connectivity index (χ2v) is 4.79. The van der Waals surface area contributed by atoms with Gasteiger partial charge in [-0.1, -0.05) is 24.3 Å². The van der Waals surface area contributed by atoms with Crippen molar-refractivity contribution in [2.24, 2.45) is 5.73 Å². The molecule has 1 aromatic rings. The van der Waals surface area contributed by atoms with E-state index in [4.69, 9.17) is 10.5 Å². The van der Waals surface area contributed by atoms with E-state index in [1.807, 2.05) is 0 Å². The van der Waals surface area contributed by atoms with E-state index in [1.165, 1.54) is 17.5 Å². The Hall–Kier alpha value is -0.860. The molecule has 1 saturated heterocycles. The maximum atomic E-state index is 5.78. The SMILES string of the molecule is Cc1ccccc1C1(CCN)CCCOC1. The van der Waals surface area contributed by atoms with Crippen molar-refractivity contribution in [3.05, 3.63) is 35.4 Å². The standard InChI is InChI=1S/C14H21NO/c1-12-5-2-3-6-13(12)14(8-9-15)7-4-10-16-11-14/h2-3,5-6H,4,7-11,15H2,1H3. The first-order chi connectivity index (χ1) is 7.78. The van der Waals surface area contributed by atoms with Gasteiger partial charge in [-0.15, -0.1) is 0 Å². The maximum absolute atomic E-state index is 5.78. The molecule has 1 aliphatic heterocycles. The van der Waals surface area contributed by atoms with Crippen molar-refractivity contribution in [3.8, 4) is 0 Å². The number of nitrogens with two attached hydrogens (primary N) is 1. The molecule has 2 rings (SSSR count). The first-order valence-corrected chi connectivity index (χ1v) is 6.12. The van der Waals surface area contributed by atoms with Gasteiger partial charge in [-0.05, 0) is 43.9 Å². The third-order valence-electron chi connectivity index (χ3n) is 3.66. The minimum Gasteiger partial charge on any atom is -0.381 e. The van der Waals surface area contributed by atoms with E-state index in [0.717, 1.165) is 32.6 Å². The predicted molar refractivity (Wildman–Crippen MR) is 66.6 cm³/mol. The zero-order chi connectivity index (χ0) is 11.4. The molecular weight excluding hydrogens is 198 g/mol. The first kappa shape index (κ1) is 11.6. The number of ether oxygens (including phenoxy) is 1. The minimum absolute atomic E-state index is 0.165. The number of hydrogen-bond acceptors (Lipinski definition) is 2. The van der Waals surface area contributed by atoms with Gasteiger partial charge in [0.15, 0.2) is 0 Å². The summed E-state index contributed by atoms with van der Waals surface area (Å²) >= 11 is 0. The Bertz CT molecular complexity index is 337. The predicted octanol–water partition coefficient (Wildman–Crippen LogP) is 2.39. The van der Waals surface area contributed by atoms with Gasteiger partial charge in [-0.25, -0.2) is 0 Å². The highest BCUT2D eigenvalue weighted by Gasteiger charge is 2.34. The largest absolute Gasteiger partial charge is 0.381 e. The quantitative estimate of drug-likeness (QED) is 0.847. The van der Waals surface area contributed by atoms with Gasteiger partial charge in [0.2, 0.25) is 0 Å². The van der Waals surface area contributed by atoms with E-state index in [9.17, 15) is 0 Å². The maximum Gasteiger partial charge on any atom is 0.0563 e. The topological polar surface area (TPSA) is 35.2 Å². The molecule has 0 amide bonds. The van der Waals surface area contributed by atoms with Crippen molar-refractivity contribution in [2.45, 2.75) is 31.6 Å². The summed E-state index contributed by atoms with van der Waals surface area (Å²) in [4.78, 5) is 0. The molecule has 1 heterocycles. The van der Waals surface area contributed by atoms with E-state index in [2.05, 4.69) is 31.2 Å². The van der Waals surface area contributed by atoms with Gasteiger partial charge >= 0.3 is 0 Å². The van der Waals surface area contributed by atoms with Crippen LogP contribution in [0.25, 0.3) is 0 Å². The molecule has 0 spiro atoms. The monoisotopic (exact) mass is 219 g/mol. The lowest BCUT2D eigenvalue weighted by Gasteiger charge is -2.38. The second kappa shape index (κ2) is 4.98. The zero-order valence-corrected chi connectivity index (χ0v) is 10.0. The van der Waals surface area contributed by atoms with Crippen LogP contribution in [0, 0.1) is 6.92 Å². The molecule has 16 heavy (non-hydrogen) atoms. The van der Waals surface area contributed by atoms with Crippen LogP contribution in [0.15, 0.2) is 24.3 Å². The van der Waals surface area contributed by atoms with Gasteiger partial charge < -0.3 is 10.5 Å². The Labute approximate surface area is 97.8 Å². The molecule has 1 aromatic carbocycles. The van der Waals surface area contributed by atoms with Crippen molar-refractivity contribution in [3.63, 3.8) is 0 Å². The Morgan fingerprint density at radius 1 is 1.38 bits per heavy atom. The summed E-state index contributed by atoms with van der Waals surface area (Å²) in [7, 11) is 0. The zero-order valence-electron chi connectivity index (χ0n) is 10.0. The van der Waals surface area contributed by atoms with E-state index >= 15 is 0 Å². The molecule has 1 atom stereocenters. The molecule has 0 aliphatic carbocycles. The van der Waals surface area contributed by atoms with Crippen LogP contribution >= 0.6 is 0 Å². The highest BCUT2D eigenvalue weighted by Crippen LogP contribution is 2.37. The van der Waals surface area contributed by atoms with Crippen LogP contribution in [-0.2, 0) is 10.2 Å². The molecule has 0 aromatic heterocycles. The lowest BCUT2D eigenvalue weighted by molar-refractivity contribution is 0.0309. The third-order valence-corrected chi connectivity index (χ3v) is 3.66. The molecule has 2 heteroatoms. The van der Waals surface area contributed by atoms with E-state index < -0.39 is 0 Å². The van der Waals surface area contributed by atoms with Crippen molar-refractivity contribution in [1.82, 2.24) is 0 Å². The molecule has 2 nitrogen and oxygen atoms in total. The fourth-order valence-electron chi connectivity index (χ4n) is 2.84. The van der Waals surface area contributed by atoms with Gasteiger partial charge in [0.05, 0.1) is 6.61 Å². The fraction of sp³-hybridized carbons (Fsp3) is 0.571. The minimum atomic E-state index is 0.165. The fourth-order valence-corrected chi connectivity index (χ4v) is 2.84. The smallest absolute Gasteiger partial charge is 0.0563 e. The highest BCUT2D eigenvalue weighted by atomic mass is 16.5. The van der Waals surface area contributed by atoms with Gasteiger partial charge in [-0.3, -0.25) is 0 Å². The summed E-state index contributed by atoms with van der Waals surface area (Å²) in [5, 5.41) is 0. The van der Waals surface area contributed by atoms with Crippen molar-refractivity contribution >= 4 is 0 Å². The molecule has 1 unspecified atom stereocenters. The summed E-state index contributed by atoms with van der Waals surface area (Å²) in [5.41, 5.74) is 8.73. The third kappa shape index (κ3) is 2.13. The van der Waals surface area contributed by atoms with Crippen molar-refractivity contribution < 1.29 is 4.74 Å². The van der Waals surface area contributed by atoms with Crippen LogP contribution < -0.4 is 5.73 Å². The second-order valence-electron chi connectivity index (χ2n) is 4.79. The van der Waals surface area contributed by atoms with Crippen LogP contribution in [0.1, 0.15) is 30.4 Å². The summed E-state index contributed by atoms with van der Waals surface area (Å²) in [6.07, 6.45) is 3.38. The Morgan fingerprint density at radius 2 is 2.19 bits per heavy atom. The molecule has 2 N–H and O–H groups in total. The van der Waals surface area contributed by atoms with E-state index in [-0.39, 0.29) is 5.41 Å². The van der Waals surface area contributed by atoms with E-state index in [0.29, 0.717) is 0 Å². The number of aryl methyl sites for hydroxylation is 1. The van der Waals surface area contributed by atoms with Crippen LogP contribution in [-0.4, -0.2) is 19.8 Å². The molecule has 1 aliphatic rings. The summed E-state index contributed by atoms with van der Waals surface area (Å²) in [6, 6.07) is 8.63. The van der Waals surface area contributed by atoms with Gasteiger partial charge in [0, 0.05) is 12.0 Å². The summed E-state index contributed by atoms with van der Waals surface area (Å²) in [6.45, 7) is 4.65. The number of rotatable bonds is 3. The lowest BCUT2D eigenvalue weighted by Crippen LogP contribution is -2.38. The molecule has 1 fully saturated rings. The van der Waals surface area contributed by atoms with Crippen LogP contribution in [0.5, 0.6) is 0 Å². The van der Waals surface area contributed by atoms with Crippen LogP contribution in [0.2, 0.25) is 0 Å². The Balaban J connectivity index is 2.34. The normalized spacial score (nSPS) is 25.6. The molecule has 0 bridgehead atoms. The van der Waals surface area contributed by atoms with Crippen LogP contribution in [0.3, 0.4) is 0 Å². The van der Waals surface area contributed by atoms with Crippen LogP contribution in [0.4, 0.5) is 0 Å². The summed E-state index contributed by atoms with van der Waals surface area (Å²) < 4.78 is 5.69. The Kier molecular flexibility index (Phi) is 3.62. The first-order valence-electron chi connectivity index (χ1n) is 6.12. The van der Waals surface area contributed by atoms with Gasteiger partial charge in [0.25, 0.3) is 0 Å². The lowest BCUT2D eigenvalue weighted by atomic mass is 9.72. The van der Waals surface area contributed by atoms with Crippen molar-refractivity contribution in [1.29, 1.82) is 0 Å². The number of benzene rings is 1.